The van der Waals surface area contributed by atoms with Crippen LogP contribution in [0.4, 0.5) is 9.52 Å². The van der Waals surface area contributed by atoms with Crippen molar-refractivity contribution in [2.75, 3.05) is 5.32 Å². The fourth-order valence-electron chi connectivity index (χ4n) is 3.07. The predicted molar refractivity (Wildman–Crippen MR) is 97.0 cm³/mol. The molecule has 4 rings (SSSR count). The third-order valence-corrected chi connectivity index (χ3v) is 4.84. The number of H-pyrrole nitrogens is 1. The van der Waals surface area contributed by atoms with Gasteiger partial charge in [-0.3, -0.25) is 0 Å². The fourth-order valence-corrected chi connectivity index (χ4v) is 3.62. The number of aryl methyl sites for hydroxylation is 1. The van der Waals surface area contributed by atoms with E-state index in [-0.39, 0.29) is 11.9 Å². The SMILES string of the molecule is Cc1[nH]c2ccccc2c1[C@H](Nc1nccs1)c1ccc(F)cc1. The Balaban J connectivity index is 1.87. The van der Waals surface area contributed by atoms with Crippen LogP contribution in [0.5, 0.6) is 0 Å². The van der Waals surface area contributed by atoms with Gasteiger partial charge in [-0.15, -0.1) is 11.3 Å². The highest BCUT2D eigenvalue weighted by Crippen LogP contribution is 2.34. The molecule has 24 heavy (non-hydrogen) atoms. The van der Waals surface area contributed by atoms with Crippen molar-refractivity contribution in [2.24, 2.45) is 0 Å². The zero-order chi connectivity index (χ0) is 16.5. The number of hydrogen-bond acceptors (Lipinski definition) is 3. The first-order valence-corrected chi connectivity index (χ1v) is 8.59. The van der Waals surface area contributed by atoms with Crippen LogP contribution in [0.3, 0.4) is 0 Å². The van der Waals surface area contributed by atoms with Crippen molar-refractivity contribution in [3.05, 3.63) is 82.7 Å². The second-order valence-corrected chi connectivity index (χ2v) is 6.57. The summed E-state index contributed by atoms with van der Waals surface area (Å²) in [4.78, 5) is 7.78. The van der Waals surface area contributed by atoms with Crippen LogP contribution in [-0.2, 0) is 0 Å². The average Bonchev–Trinajstić information content (AvgIpc) is 3.20. The van der Waals surface area contributed by atoms with Gasteiger partial charge in [0.15, 0.2) is 5.13 Å². The highest BCUT2D eigenvalue weighted by molar-refractivity contribution is 7.13. The topological polar surface area (TPSA) is 40.7 Å². The van der Waals surface area contributed by atoms with E-state index in [4.69, 9.17) is 0 Å². The van der Waals surface area contributed by atoms with Crippen LogP contribution in [0.25, 0.3) is 10.9 Å². The molecule has 0 amide bonds. The molecule has 0 unspecified atom stereocenters. The van der Waals surface area contributed by atoms with E-state index in [1.54, 1.807) is 17.5 Å². The summed E-state index contributed by atoms with van der Waals surface area (Å²) >= 11 is 1.55. The molecule has 0 bridgehead atoms. The summed E-state index contributed by atoms with van der Waals surface area (Å²) in [6.07, 6.45) is 1.77. The van der Waals surface area contributed by atoms with E-state index in [0.29, 0.717) is 0 Å². The zero-order valence-corrected chi connectivity index (χ0v) is 13.9. The first-order chi connectivity index (χ1) is 11.7. The second-order valence-electron chi connectivity index (χ2n) is 5.68. The van der Waals surface area contributed by atoms with Crippen molar-refractivity contribution in [3.8, 4) is 0 Å². The molecule has 5 heteroatoms. The lowest BCUT2D eigenvalue weighted by Gasteiger charge is -2.20. The lowest BCUT2D eigenvalue weighted by atomic mass is 9.96. The summed E-state index contributed by atoms with van der Waals surface area (Å²) in [5.74, 6) is -0.234. The number of para-hydroxylation sites is 1. The number of halogens is 1. The fraction of sp³-hybridized carbons (Fsp3) is 0.105. The third-order valence-electron chi connectivity index (χ3n) is 4.14. The lowest BCUT2D eigenvalue weighted by Crippen LogP contribution is -2.13. The van der Waals surface area contributed by atoms with Crippen LogP contribution in [0, 0.1) is 12.7 Å². The van der Waals surface area contributed by atoms with E-state index >= 15 is 0 Å². The van der Waals surface area contributed by atoms with Crippen molar-refractivity contribution in [3.63, 3.8) is 0 Å². The van der Waals surface area contributed by atoms with Gasteiger partial charge in [0.1, 0.15) is 5.82 Å². The van der Waals surface area contributed by atoms with Gasteiger partial charge in [-0.05, 0) is 30.7 Å². The minimum Gasteiger partial charge on any atom is -0.358 e. The second kappa shape index (κ2) is 6.09. The molecule has 0 spiro atoms. The summed E-state index contributed by atoms with van der Waals surface area (Å²) in [5, 5.41) is 7.43. The maximum absolute atomic E-state index is 13.4. The minimum atomic E-state index is -0.234. The quantitative estimate of drug-likeness (QED) is 0.532. The summed E-state index contributed by atoms with van der Waals surface area (Å²) in [6.45, 7) is 2.06. The Hall–Kier alpha value is -2.66. The number of thiazole rings is 1. The van der Waals surface area contributed by atoms with Gasteiger partial charge in [0.25, 0.3) is 0 Å². The van der Waals surface area contributed by atoms with Crippen LogP contribution in [0.1, 0.15) is 22.9 Å². The number of nitrogens with one attached hydrogen (secondary N) is 2. The Labute approximate surface area is 143 Å². The maximum Gasteiger partial charge on any atom is 0.183 e. The Morgan fingerprint density at radius 2 is 1.92 bits per heavy atom. The summed E-state index contributed by atoms with van der Waals surface area (Å²) < 4.78 is 13.4. The minimum absolute atomic E-state index is 0.104. The number of anilines is 1. The van der Waals surface area contributed by atoms with E-state index in [1.807, 2.05) is 29.6 Å². The van der Waals surface area contributed by atoms with Crippen LogP contribution in [0.2, 0.25) is 0 Å². The van der Waals surface area contributed by atoms with Gasteiger partial charge < -0.3 is 10.3 Å². The highest BCUT2D eigenvalue weighted by atomic mass is 32.1. The molecule has 0 aliphatic carbocycles. The van der Waals surface area contributed by atoms with Crippen LogP contribution in [-0.4, -0.2) is 9.97 Å². The van der Waals surface area contributed by atoms with Crippen LogP contribution < -0.4 is 5.32 Å². The van der Waals surface area contributed by atoms with Crippen molar-refractivity contribution in [1.82, 2.24) is 9.97 Å². The molecule has 0 fully saturated rings. The van der Waals surface area contributed by atoms with Crippen molar-refractivity contribution in [1.29, 1.82) is 0 Å². The van der Waals surface area contributed by atoms with Gasteiger partial charge >= 0.3 is 0 Å². The van der Waals surface area contributed by atoms with Gasteiger partial charge in [-0.2, -0.15) is 0 Å². The Bertz CT molecular complexity index is 958. The van der Waals surface area contributed by atoms with Crippen LogP contribution >= 0.6 is 11.3 Å². The zero-order valence-electron chi connectivity index (χ0n) is 13.1. The normalized spacial score (nSPS) is 12.4. The first kappa shape index (κ1) is 14.9. The van der Waals surface area contributed by atoms with Crippen molar-refractivity contribution in [2.45, 2.75) is 13.0 Å². The predicted octanol–water partition coefficient (Wildman–Crippen LogP) is 5.27. The van der Waals surface area contributed by atoms with Gasteiger partial charge in [-0.1, -0.05) is 30.3 Å². The molecule has 120 valence electrons. The molecule has 0 aliphatic rings. The molecular weight excluding hydrogens is 321 g/mol. The molecule has 3 nitrogen and oxygen atoms in total. The van der Waals surface area contributed by atoms with E-state index < -0.39 is 0 Å². The number of rotatable bonds is 4. The van der Waals surface area contributed by atoms with Gasteiger partial charge in [0.05, 0.1) is 6.04 Å². The maximum atomic E-state index is 13.4. The highest BCUT2D eigenvalue weighted by Gasteiger charge is 2.21. The van der Waals surface area contributed by atoms with E-state index in [1.165, 1.54) is 12.1 Å². The van der Waals surface area contributed by atoms with Gasteiger partial charge in [-0.25, -0.2) is 9.37 Å². The molecule has 0 radical (unpaired) electrons. The van der Waals surface area contributed by atoms with Crippen LogP contribution in [0.15, 0.2) is 60.1 Å². The molecule has 4 aromatic rings. The number of hydrogen-bond donors (Lipinski definition) is 2. The molecule has 2 aromatic carbocycles. The third kappa shape index (κ3) is 2.67. The Morgan fingerprint density at radius 3 is 2.67 bits per heavy atom. The molecule has 0 saturated carbocycles. The number of benzene rings is 2. The van der Waals surface area contributed by atoms with E-state index in [2.05, 4.69) is 34.3 Å². The molecule has 2 N–H and O–H groups in total. The van der Waals surface area contributed by atoms with E-state index in [9.17, 15) is 4.39 Å². The monoisotopic (exact) mass is 337 g/mol. The number of aromatic nitrogens is 2. The largest absolute Gasteiger partial charge is 0.358 e. The molecular formula is C19H16FN3S. The number of aromatic amines is 1. The summed E-state index contributed by atoms with van der Waals surface area (Å²) in [5.41, 5.74) is 4.35. The molecule has 2 heterocycles. The lowest BCUT2D eigenvalue weighted by molar-refractivity contribution is 0.626. The van der Waals surface area contributed by atoms with Crippen molar-refractivity contribution < 1.29 is 4.39 Å². The Kier molecular flexibility index (Phi) is 3.78. The smallest absolute Gasteiger partial charge is 0.183 e. The first-order valence-electron chi connectivity index (χ1n) is 7.71. The average molecular weight is 337 g/mol. The van der Waals surface area contributed by atoms with Gasteiger partial charge in [0.2, 0.25) is 0 Å². The standard InChI is InChI=1S/C19H16FN3S/c1-12-17(15-4-2-3-5-16(15)22-12)18(23-19-21-10-11-24-19)13-6-8-14(20)9-7-13/h2-11,18,22H,1H3,(H,21,23)/t18-/m1/s1. The molecule has 0 saturated heterocycles. The summed E-state index contributed by atoms with van der Waals surface area (Å²) in [7, 11) is 0. The molecule has 0 aliphatic heterocycles. The molecule has 1 atom stereocenters. The van der Waals surface area contributed by atoms with Crippen molar-refractivity contribution >= 4 is 27.4 Å². The molecule has 2 aromatic heterocycles. The number of fused-ring (bicyclic) bond motifs is 1. The summed E-state index contributed by atoms with van der Waals surface area (Å²) in [6, 6.07) is 14.8. The Morgan fingerprint density at radius 1 is 1.12 bits per heavy atom. The van der Waals surface area contributed by atoms with Gasteiger partial charge in [0, 0.05) is 33.7 Å². The number of nitrogens with zero attached hydrogens (tertiary/aromatic N) is 1. The van der Waals surface area contributed by atoms with E-state index in [0.717, 1.165) is 32.9 Å².